The van der Waals surface area contributed by atoms with Crippen molar-refractivity contribution in [2.75, 3.05) is 26.8 Å². The molecule has 31 heavy (non-hydrogen) atoms. The molecule has 7 heteroatoms. The van der Waals surface area contributed by atoms with E-state index < -0.39 is 11.9 Å². The molecule has 2 atom stereocenters. The molecule has 0 radical (unpaired) electrons. The third kappa shape index (κ3) is 7.46. The van der Waals surface area contributed by atoms with Crippen LogP contribution in [0.3, 0.4) is 0 Å². The summed E-state index contributed by atoms with van der Waals surface area (Å²) >= 11 is 0. The molecule has 0 saturated carbocycles. The largest absolute Gasteiger partial charge is 0.493 e. The third-order valence-electron chi connectivity index (χ3n) is 5.08. The van der Waals surface area contributed by atoms with Gasteiger partial charge in [-0.05, 0) is 48.6 Å². The summed E-state index contributed by atoms with van der Waals surface area (Å²) in [5.74, 6) is -1.06. The van der Waals surface area contributed by atoms with E-state index in [9.17, 15) is 0 Å². The van der Waals surface area contributed by atoms with Gasteiger partial charge >= 0.3 is 11.9 Å². The number of aliphatic carboxylic acids is 2. The molecule has 1 fully saturated rings. The highest BCUT2D eigenvalue weighted by Crippen LogP contribution is 2.33. The zero-order valence-corrected chi connectivity index (χ0v) is 17.6. The quantitative estimate of drug-likeness (QED) is 0.460. The highest BCUT2D eigenvalue weighted by atomic mass is 16.5. The van der Waals surface area contributed by atoms with E-state index in [4.69, 9.17) is 29.3 Å². The zero-order valence-electron chi connectivity index (χ0n) is 17.6. The number of allylic oxidation sites excluding steroid dienone is 1. The maximum atomic E-state index is 9.10. The molecule has 1 saturated heterocycles. The van der Waals surface area contributed by atoms with Crippen molar-refractivity contribution >= 4 is 11.9 Å². The van der Waals surface area contributed by atoms with Crippen LogP contribution in [0.15, 0.2) is 61.2 Å². The number of carboxylic acid groups (broad SMARTS) is 2. The van der Waals surface area contributed by atoms with Crippen molar-refractivity contribution in [3.05, 3.63) is 72.3 Å². The van der Waals surface area contributed by atoms with Crippen molar-refractivity contribution in [3.63, 3.8) is 0 Å². The summed E-state index contributed by atoms with van der Waals surface area (Å²) in [7, 11) is 1.69. The molecule has 2 aromatic rings. The highest BCUT2D eigenvalue weighted by Gasteiger charge is 2.27. The Morgan fingerprint density at radius 2 is 1.84 bits per heavy atom. The summed E-state index contributed by atoms with van der Waals surface area (Å²) in [6, 6.07) is 16.9. The molecule has 0 unspecified atom stereocenters. The van der Waals surface area contributed by atoms with E-state index in [2.05, 4.69) is 48.3 Å². The van der Waals surface area contributed by atoms with Gasteiger partial charge in [-0.15, -0.1) is 6.58 Å². The van der Waals surface area contributed by atoms with Crippen molar-refractivity contribution in [2.45, 2.75) is 18.8 Å². The van der Waals surface area contributed by atoms with Gasteiger partial charge < -0.3 is 25.0 Å². The Labute approximate surface area is 182 Å². The predicted octanol–water partition coefficient (Wildman–Crippen LogP) is 3.35. The van der Waals surface area contributed by atoms with Gasteiger partial charge in [0.15, 0.2) is 11.5 Å². The molecule has 0 bridgehead atoms. The van der Waals surface area contributed by atoms with E-state index in [0.29, 0.717) is 18.4 Å². The number of rotatable bonds is 7. The number of ether oxygens (including phenoxy) is 2. The Balaban J connectivity index is 0.000000501. The number of hydrogen-bond donors (Lipinski definition) is 3. The van der Waals surface area contributed by atoms with Crippen LogP contribution in [-0.4, -0.2) is 49.0 Å². The van der Waals surface area contributed by atoms with Crippen LogP contribution < -0.4 is 14.8 Å². The van der Waals surface area contributed by atoms with Crippen molar-refractivity contribution in [1.29, 1.82) is 0 Å². The average molecular weight is 427 g/mol. The Morgan fingerprint density at radius 1 is 1.13 bits per heavy atom. The topological polar surface area (TPSA) is 105 Å². The van der Waals surface area contributed by atoms with Gasteiger partial charge in [-0.1, -0.05) is 42.5 Å². The molecular weight excluding hydrogens is 398 g/mol. The first-order valence-electron chi connectivity index (χ1n) is 10.1. The fraction of sp³-hybridized carbons (Fsp3) is 0.333. The summed E-state index contributed by atoms with van der Waals surface area (Å²) in [5.41, 5.74) is 2.59. The molecule has 7 nitrogen and oxygen atoms in total. The van der Waals surface area contributed by atoms with E-state index in [0.717, 1.165) is 37.4 Å². The lowest BCUT2D eigenvalue weighted by molar-refractivity contribution is -0.159. The molecule has 166 valence electrons. The van der Waals surface area contributed by atoms with Gasteiger partial charge in [0.1, 0.15) is 0 Å². The first-order chi connectivity index (χ1) is 15.0. The number of nitrogens with one attached hydrogen (secondary N) is 1. The molecule has 3 N–H and O–H groups in total. The monoisotopic (exact) mass is 427 g/mol. The highest BCUT2D eigenvalue weighted by molar-refractivity contribution is 6.27. The SMILES string of the molecule is C=CCc1ccc(OC[C@H]2CNCC[C@@H]2c2ccccc2)c(OC)c1.O=C(O)C(=O)O. The van der Waals surface area contributed by atoms with Crippen LogP contribution in [0.5, 0.6) is 11.5 Å². The molecular formula is C24H29NO6. The number of benzene rings is 2. The van der Waals surface area contributed by atoms with Gasteiger partial charge in [0.25, 0.3) is 0 Å². The molecule has 0 amide bonds. The van der Waals surface area contributed by atoms with Crippen LogP contribution >= 0.6 is 0 Å². The van der Waals surface area contributed by atoms with Gasteiger partial charge in [-0.2, -0.15) is 0 Å². The first-order valence-corrected chi connectivity index (χ1v) is 10.1. The summed E-state index contributed by atoms with van der Waals surface area (Å²) in [6.07, 6.45) is 3.88. The number of piperidine rings is 1. The maximum absolute atomic E-state index is 9.10. The average Bonchev–Trinajstić information content (AvgIpc) is 2.79. The minimum atomic E-state index is -1.82. The molecule has 3 rings (SSSR count). The van der Waals surface area contributed by atoms with Gasteiger partial charge in [-0.25, -0.2) is 9.59 Å². The van der Waals surface area contributed by atoms with E-state index >= 15 is 0 Å². The minimum absolute atomic E-state index is 0.453. The lowest BCUT2D eigenvalue weighted by Gasteiger charge is -2.32. The van der Waals surface area contributed by atoms with Crippen LogP contribution in [0.4, 0.5) is 0 Å². The number of methoxy groups -OCH3 is 1. The fourth-order valence-corrected chi connectivity index (χ4v) is 3.56. The van der Waals surface area contributed by atoms with Crippen LogP contribution in [0.1, 0.15) is 23.5 Å². The van der Waals surface area contributed by atoms with Gasteiger partial charge in [-0.3, -0.25) is 0 Å². The molecule has 0 spiro atoms. The normalized spacial score (nSPS) is 17.6. The van der Waals surface area contributed by atoms with E-state index in [1.54, 1.807) is 7.11 Å². The minimum Gasteiger partial charge on any atom is -0.493 e. The summed E-state index contributed by atoms with van der Waals surface area (Å²) in [6.45, 7) is 6.52. The van der Waals surface area contributed by atoms with Crippen LogP contribution in [-0.2, 0) is 16.0 Å². The smallest absolute Gasteiger partial charge is 0.414 e. The standard InChI is InChI=1S/C22H27NO2.C2H2O4/c1-3-7-17-10-11-21(22(14-17)24-2)25-16-19-15-23-13-12-20(19)18-8-5-4-6-9-18;3-1(4)2(5)6/h3-6,8-11,14,19-20,23H,1,7,12-13,15-16H2,2H3;(H,3,4)(H,5,6)/t19-,20-;/m1./s1. The Kier molecular flexibility index (Phi) is 9.58. The van der Waals surface area contributed by atoms with Crippen molar-refractivity contribution in [3.8, 4) is 11.5 Å². The second-order valence-electron chi connectivity index (χ2n) is 7.17. The third-order valence-corrected chi connectivity index (χ3v) is 5.08. The zero-order chi connectivity index (χ0) is 22.6. The van der Waals surface area contributed by atoms with Gasteiger partial charge in [0.05, 0.1) is 13.7 Å². The Hall–Kier alpha value is -3.32. The van der Waals surface area contributed by atoms with Crippen molar-refractivity contribution in [1.82, 2.24) is 5.32 Å². The van der Waals surface area contributed by atoms with Crippen LogP contribution in [0.25, 0.3) is 0 Å². The lowest BCUT2D eigenvalue weighted by atomic mass is 9.81. The number of carboxylic acids is 2. The summed E-state index contributed by atoms with van der Waals surface area (Å²) in [4.78, 5) is 18.2. The molecule has 0 aromatic heterocycles. The number of carbonyl (C=O) groups is 2. The van der Waals surface area contributed by atoms with E-state index in [-0.39, 0.29) is 0 Å². The van der Waals surface area contributed by atoms with Crippen LogP contribution in [0.2, 0.25) is 0 Å². The molecule has 1 heterocycles. The second kappa shape index (κ2) is 12.4. The molecule has 0 aliphatic carbocycles. The van der Waals surface area contributed by atoms with Gasteiger partial charge in [0.2, 0.25) is 0 Å². The number of hydrogen-bond acceptors (Lipinski definition) is 5. The molecule has 1 aliphatic heterocycles. The Morgan fingerprint density at radius 3 is 2.45 bits per heavy atom. The van der Waals surface area contributed by atoms with Crippen molar-refractivity contribution in [2.24, 2.45) is 5.92 Å². The fourth-order valence-electron chi connectivity index (χ4n) is 3.56. The first kappa shape index (κ1) is 24.0. The van der Waals surface area contributed by atoms with E-state index in [1.165, 1.54) is 11.1 Å². The molecule has 2 aromatic carbocycles. The van der Waals surface area contributed by atoms with Crippen molar-refractivity contribution < 1.29 is 29.3 Å². The summed E-state index contributed by atoms with van der Waals surface area (Å²) in [5, 5.41) is 18.3. The maximum Gasteiger partial charge on any atom is 0.414 e. The predicted molar refractivity (Wildman–Crippen MR) is 118 cm³/mol. The van der Waals surface area contributed by atoms with Crippen LogP contribution in [0, 0.1) is 5.92 Å². The second-order valence-corrected chi connectivity index (χ2v) is 7.17. The lowest BCUT2D eigenvalue weighted by Crippen LogP contribution is -2.38. The van der Waals surface area contributed by atoms with Gasteiger partial charge in [0, 0.05) is 12.5 Å². The Bertz CT molecular complexity index is 856. The molecule has 1 aliphatic rings. The van der Waals surface area contributed by atoms with E-state index in [1.807, 2.05) is 18.2 Å². The summed E-state index contributed by atoms with van der Waals surface area (Å²) < 4.78 is 11.7.